The summed E-state index contributed by atoms with van der Waals surface area (Å²) in [4.78, 5) is 11.9. The summed E-state index contributed by atoms with van der Waals surface area (Å²) in [5.74, 6) is -0.796. The van der Waals surface area contributed by atoms with E-state index >= 15 is 0 Å². The third-order valence-corrected chi connectivity index (χ3v) is 4.67. The normalized spacial score (nSPS) is 25.1. The topological polar surface area (TPSA) is 57.5 Å². The van der Waals surface area contributed by atoms with Crippen LogP contribution in [0.4, 0.5) is 0 Å². The summed E-state index contributed by atoms with van der Waals surface area (Å²) in [7, 11) is 0. The maximum Gasteiger partial charge on any atom is 0.314 e. The Labute approximate surface area is 114 Å². The van der Waals surface area contributed by atoms with E-state index in [1.165, 1.54) is 0 Å². The lowest BCUT2D eigenvalue weighted by atomic mass is 9.70. The van der Waals surface area contributed by atoms with Crippen LogP contribution < -0.4 is 0 Å². The molecule has 0 aromatic heterocycles. The van der Waals surface area contributed by atoms with Gasteiger partial charge in [0, 0.05) is 0 Å². The van der Waals surface area contributed by atoms with Crippen LogP contribution in [-0.2, 0) is 16.6 Å². The van der Waals surface area contributed by atoms with Crippen molar-refractivity contribution in [2.75, 3.05) is 0 Å². The summed E-state index contributed by atoms with van der Waals surface area (Å²) < 4.78 is 0. The van der Waals surface area contributed by atoms with Crippen LogP contribution in [0.3, 0.4) is 0 Å². The van der Waals surface area contributed by atoms with Gasteiger partial charge in [0.05, 0.1) is 11.0 Å². The molecule has 0 spiro atoms. The molecule has 1 aliphatic carbocycles. The minimum atomic E-state index is -0.976. The Hall–Kier alpha value is -1.35. The van der Waals surface area contributed by atoms with Crippen LogP contribution in [0.15, 0.2) is 24.3 Å². The average Bonchev–Trinajstić information content (AvgIpc) is 2.69. The van der Waals surface area contributed by atoms with E-state index in [0.29, 0.717) is 6.42 Å². The Kier molecular flexibility index (Phi) is 3.43. The number of hydrogen-bond acceptors (Lipinski definition) is 2. The average molecular weight is 262 g/mol. The third-order valence-electron chi connectivity index (χ3n) is 4.67. The van der Waals surface area contributed by atoms with Crippen molar-refractivity contribution < 1.29 is 15.0 Å². The molecule has 3 nitrogen and oxygen atoms in total. The van der Waals surface area contributed by atoms with Crippen molar-refractivity contribution in [2.24, 2.45) is 5.92 Å². The number of hydrogen-bond donors (Lipinski definition) is 2. The van der Waals surface area contributed by atoms with Gasteiger partial charge in [0.15, 0.2) is 0 Å². The fourth-order valence-corrected chi connectivity index (χ4v) is 2.98. The first-order chi connectivity index (χ1) is 8.79. The second kappa shape index (κ2) is 4.64. The van der Waals surface area contributed by atoms with Crippen LogP contribution >= 0.6 is 0 Å². The van der Waals surface area contributed by atoms with Crippen LogP contribution in [0.2, 0.25) is 0 Å². The van der Waals surface area contributed by atoms with Crippen LogP contribution in [0.1, 0.15) is 44.7 Å². The number of rotatable bonds is 4. The summed E-state index contributed by atoms with van der Waals surface area (Å²) in [6.07, 6.45) is 1.62. The quantitative estimate of drug-likeness (QED) is 0.877. The third kappa shape index (κ3) is 2.27. The molecule has 0 heterocycles. The van der Waals surface area contributed by atoms with Crippen molar-refractivity contribution in [3.05, 3.63) is 35.4 Å². The van der Waals surface area contributed by atoms with Gasteiger partial charge in [0.1, 0.15) is 0 Å². The maximum atomic E-state index is 11.9. The molecule has 0 saturated carbocycles. The number of fused-ring (bicyclic) bond motifs is 1. The Morgan fingerprint density at radius 2 is 2.05 bits per heavy atom. The molecule has 0 bridgehead atoms. The minimum absolute atomic E-state index is 0.0245. The van der Waals surface area contributed by atoms with Crippen molar-refractivity contribution in [3.8, 4) is 0 Å². The van der Waals surface area contributed by atoms with E-state index in [1.54, 1.807) is 6.92 Å². The predicted octanol–water partition coefficient (Wildman–Crippen LogP) is 2.75. The van der Waals surface area contributed by atoms with Crippen LogP contribution in [0, 0.1) is 5.92 Å². The summed E-state index contributed by atoms with van der Waals surface area (Å²) in [6.45, 7) is 5.59. The second-order valence-corrected chi connectivity index (χ2v) is 6.23. The molecular weight excluding hydrogens is 240 g/mol. The molecule has 2 rings (SSSR count). The molecule has 1 aromatic carbocycles. The van der Waals surface area contributed by atoms with Crippen molar-refractivity contribution in [2.45, 2.75) is 51.0 Å². The fourth-order valence-electron chi connectivity index (χ4n) is 2.98. The Bertz CT molecular complexity index is 491. The second-order valence-electron chi connectivity index (χ2n) is 6.23. The summed E-state index contributed by atoms with van der Waals surface area (Å²) >= 11 is 0. The Morgan fingerprint density at radius 1 is 1.42 bits per heavy atom. The lowest BCUT2D eigenvalue weighted by Gasteiger charge is -2.36. The molecule has 1 aliphatic rings. The van der Waals surface area contributed by atoms with Gasteiger partial charge in [-0.15, -0.1) is 0 Å². The molecule has 104 valence electrons. The van der Waals surface area contributed by atoms with Crippen molar-refractivity contribution in [1.29, 1.82) is 0 Å². The van der Waals surface area contributed by atoms with Gasteiger partial charge in [-0.2, -0.15) is 0 Å². The zero-order chi connectivity index (χ0) is 14.3. The number of aliphatic hydroxyl groups is 1. The first-order valence-electron chi connectivity index (χ1n) is 6.84. The molecule has 0 fully saturated rings. The summed E-state index contributed by atoms with van der Waals surface area (Å²) in [5.41, 5.74) is 0.0631. The van der Waals surface area contributed by atoms with Crippen LogP contribution in [-0.4, -0.2) is 21.8 Å². The summed E-state index contributed by atoms with van der Waals surface area (Å²) in [6, 6.07) is 7.71. The molecule has 0 aliphatic heterocycles. The SMILES string of the molecule is CC(C)C(C)(O)CC1(C(=O)O)CCc2ccccc21. The Morgan fingerprint density at radius 3 is 2.63 bits per heavy atom. The summed E-state index contributed by atoms with van der Waals surface area (Å²) in [5, 5.41) is 20.3. The molecule has 0 radical (unpaired) electrons. The van der Waals surface area contributed by atoms with Crippen LogP contribution in [0.25, 0.3) is 0 Å². The maximum absolute atomic E-state index is 11.9. The number of aryl methyl sites for hydroxylation is 1. The standard InChI is InChI=1S/C16H22O3/c1-11(2)15(3,19)10-16(14(17)18)9-8-12-6-4-5-7-13(12)16/h4-7,11,19H,8-10H2,1-3H3,(H,17,18). The largest absolute Gasteiger partial charge is 0.481 e. The highest BCUT2D eigenvalue weighted by atomic mass is 16.4. The molecule has 2 N–H and O–H groups in total. The van der Waals surface area contributed by atoms with Gasteiger partial charge in [-0.1, -0.05) is 38.1 Å². The molecule has 3 heteroatoms. The number of benzene rings is 1. The zero-order valence-corrected chi connectivity index (χ0v) is 11.8. The van der Waals surface area contributed by atoms with E-state index in [9.17, 15) is 15.0 Å². The van der Waals surface area contributed by atoms with Gasteiger partial charge in [-0.3, -0.25) is 4.79 Å². The van der Waals surface area contributed by atoms with Gasteiger partial charge in [-0.25, -0.2) is 0 Å². The number of carboxylic acids is 1. The first-order valence-corrected chi connectivity index (χ1v) is 6.84. The smallest absolute Gasteiger partial charge is 0.314 e. The van der Waals surface area contributed by atoms with E-state index in [1.807, 2.05) is 38.1 Å². The van der Waals surface area contributed by atoms with Gasteiger partial charge in [0.2, 0.25) is 0 Å². The van der Waals surface area contributed by atoms with E-state index in [0.717, 1.165) is 17.5 Å². The molecule has 0 amide bonds. The zero-order valence-electron chi connectivity index (χ0n) is 11.8. The lowest BCUT2D eigenvalue weighted by molar-refractivity contribution is -0.147. The molecule has 2 atom stereocenters. The van der Waals surface area contributed by atoms with Gasteiger partial charge < -0.3 is 10.2 Å². The number of carboxylic acid groups (broad SMARTS) is 1. The van der Waals surface area contributed by atoms with E-state index in [-0.39, 0.29) is 12.3 Å². The minimum Gasteiger partial charge on any atom is -0.481 e. The number of carbonyl (C=O) groups is 1. The van der Waals surface area contributed by atoms with Crippen molar-refractivity contribution in [1.82, 2.24) is 0 Å². The van der Waals surface area contributed by atoms with E-state index in [4.69, 9.17) is 0 Å². The van der Waals surface area contributed by atoms with Gasteiger partial charge in [-0.05, 0) is 43.2 Å². The van der Waals surface area contributed by atoms with E-state index in [2.05, 4.69) is 0 Å². The van der Waals surface area contributed by atoms with E-state index < -0.39 is 17.0 Å². The van der Waals surface area contributed by atoms with Gasteiger partial charge in [0.25, 0.3) is 0 Å². The number of aliphatic carboxylic acids is 1. The van der Waals surface area contributed by atoms with Crippen LogP contribution in [0.5, 0.6) is 0 Å². The lowest BCUT2D eigenvalue weighted by Crippen LogP contribution is -2.44. The highest BCUT2D eigenvalue weighted by molar-refractivity contribution is 5.83. The van der Waals surface area contributed by atoms with Crippen molar-refractivity contribution in [3.63, 3.8) is 0 Å². The molecule has 0 saturated heterocycles. The molecule has 1 aromatic rings. The molecular formula is C16H22O3. The Balaban J connectivity index is 2.45. The van der Waals surface area contributed by atoms with Crippen molar-refractivity contribution >= 4 is 5.97 Å². The monoisotopic (exact) mass is 262 g/mol. The predicted molar refractivity (Wildman–Crippen MR) is 74.2 cm³/mol. The highest BCUT2D eigenvalue weighted by Crippen LogP contribution is 2.45. The fraction of sp³-hybridized carbons (Fsp3) is 0.562. The van der Waals surface area contributed by atoms with Gasteiger partial charge >= 0.3 is 5.97 Å². The molecule has 2 unspecified atom stereocenters. The first kappa shape index (κ1) is 14.1. The molecule has 19 heavy (non-hydrogen) atoms. The highest BCUT2D eigenvalue weighted by Gasteiger charge is 2.49.